The predicted octanol–water partition coefficient (Wildman–Crippen LogP) is 3.13. The van der Waals surface area contributed by atoms with Crippen LogP contribution in [0.1, 0.15) is 0 Å². The van der Waals surface area contributed by atoms with E-state index in [1.165, 1.54) is 6.07 Å². The summed E-state index contributed by atoms with van der Waals surface area (Å²) in [5, 5.41) is 23.0. The first-order valence-corrected chi connectivity index (χ1v) is 6.69. The molecule has 94 valence electrons. The number of hydrogen-bond donors (Lipinski definition) is 2. The second kappa shape index (κ2) is 6.53. The van der Waals surface area contributed by atoms with Crippen molar-refractivity contribution >= 4 is 54.8 Å². The second-order valence-corrected chi connectivity index (χ2v) is 5.31. The van der Waals surface area contributed by atoms with Gasteiger partial charge in [-0.2, -0.15) is 0 Å². The molecule has 0 radical (unpaired) electrons. The van der Waals surface area contributed by atoms with Crippen LogP contribution in [0, 0.1) is 10.1 Å². The van der Waals surface area contributed by atoms with Gasteiger partial charge in [0, 0.05) is 21.6 Å². The molecule has 1 atom stereocenters. The number of nitrogens with one attached hydrogen (secondary N) is 1. The number of alkyl halides is 1. The van der Waals surface area contributed by atoms with Crippen molar-refractivity contribution in [3.05, 3.63) is 31.2 Å². The van der Waals surface area contributed by atoms with Crippen LogP contribution in [0.2, 0.25) is 0 Å². The standard InChI is InChI=1S/C9H9Br2ClN2O3/c10-5-1-7(11)9(8(2-5)14(16)17)13-4-6(15)3-12/h1-2,6,13,15H,3-4H2. The van der Waals surface area contributed by atoms with Crippen LogP contribution in [0.25, 0.3) is 0 Å². The summed E-state index contributed by atoms with van der Waals surface area (Å²) in [6.07, 6.45) is -0.758. The van der Waals surface area contributed by atoms with Crippen molar-refractivity contribution in [1.29, 1.82) is 0 Å². The van der Waals surface area contributed by atoms with E-state index in [1.807, 2.05) is 0 Å². The summed E-state index contributed by atoms with van der Waals surface area (Å²) >= 11 is 11.8. The molecule has 0 saturated carbocycles. The zero-order chi connectivity index (χ0) is 13.0. The molecule has 1 aromatic rings. The SMILES string of the molecule is O=[N+]([O-])c1cc(Br)cc(Br)c1NCC(O)CCl. The number of anilines is 1. The van der Waals surface area contributed by atoms with Gasteiger partial charge in [-0.3, -0.25) is 10.1 Å². The van der Waals surface area contributed by atoms with Crippen LogP contribution < -0.4 is 5.32 Å². The zero-order valence-electron chi connectivity index (χ0n) is 8.49. The molecule has 0 aliphatic carbocycles. The van der Waals surface area contributed by atoms with E-state index >= 15 is 0 Å². The molecule has 0 heterocycles. The lowest BCUT2D eigenvalue weighted by Gasteiger charge is -2.12. The number of rotatable bonds is 5. The quantitative estimate of drug-likeness (QED) is 0.462. The Kier molecular flexibility index (Phi) is 5.64. The predicted molar refractivity (Wildman–Crippen MR) is 73.7 cm³/mol. The van der Waals surface area contributed by atoms with Crippen molar-refractivity contribution in [1.82, 2.24) is 0 Å². The van der Waals surface area contributed by atoms with Gasteiger partial charge in [-0.15, -0.1) is 11.6 Å². The maximum absolute atomic E-state index is 10.9. The van der Waals surface area contributed by atoms with Crippen molar-refractivity contribution in [3.8, 4) is 0 Å². The van der Waals surface area contributed by atoms with Crippen molar-refractivity contribution in [2.45, 2.75) is 6.10 Å². The average molecular weight is 388 g/mol. The zero-order valence-corrected chi connectivity index (χ0v) is 12.4. The van der Waals surface area contributed by atoms with Gasteiger partial charge in [-0.05, 0) is 22.0 Å². The molecule has 5 nitrogen and oxygen atoms in total. The minimum Gasteiger partial charge on any atom is -0.390 e. The fourth-order valence-electron chi connectivity index (χ4n) is 1.15. The van der Waals surface area contributed by atoms with E-state index in [9.17, 15) is 15.2 Å². The van der Waals surface area contributed by atoms with Crippen LogP contribution in [0.4, 0.5) is 11.4 Å². The van der Waals surface area contributed by atoms with Gasteiger partial charge in [0.25, 0.3) is 5.69 Å². The fraction of sp³-hybridized carbons (Fsp3) is 0.333. The van der Waals surface area contributed by atoms with E-state index in [2.05, 4.69) is 37.2 Å². The van der Waals surface area contributed by atoms with Gasteiger partial charge in [0.1, 0.15) is 5.69 Å². The molecule has 0 spiro atoms. The molecule has 0 fully saturated rings. The van der Waals surface area contributed by atoms with Crippen LogP contribution in [-0.4, -0.2) is 28.6 Å². The third-order valence-electron chi connectivity index (χ3n) is 1.92. The molecular weight excluding hydrogens is 379 g/mol. The van der Waals surface area contributed by atoms with Crippen LogP contribution in [0.15, 0.2) is 21.1 Å². The summed E-state index contributed by atoms with van der Waals surface area (Å²) in [4.78, 5) is 10.4. The number of hydrogen-bond acceptors (Lipinski definition) is 4. The molecule has 0 amide bonds. The maximum atomic E-state index is 10.9. The Morgan fingerprint density at radius 3 is 2.71 bits per heavy atom. The smallest absolute Gasteiger partial charge is 0.294 e. The lowest BCUT2D eigenvalue weighted by molar-refractivity contribution is -0.384. The Hall–Kier alpha value is -0.370. The van der Waals surface area contributed by atoms with E-state index in [0.717, 1.165) is 0 Å². The highest BCUT2D eigenvalue weighted by Gasteiger charge is 2.18. The van der Waals surface area contributed by atoms with Gasteiger partial charge in [0.2, 0.25) is 0 Å². The monoisotopic (exact) mass is 386 g/mol. The number of aliphatic hydroxyl groups is 1. The van der Waals surface area contributed by atoms with Crippen molar-refractivity contribution in [3.63, 3.8) is 0 Å². The molecule has 0 aromatic heterocycles. The van der Waals surface area contributed by atoms with Crippen LogP contribution in [-0.2, 0) is 0 Å². The molecule has 1 rings (SSSR count). The van der Waals surface area contributed by atoms with Crippen LogP contribution in [0.5, 0.6) is 0 Å². The molecule has 0 aliphatic heterocycles. The highest BCUT2D eigenvalue weighted by molar-refractivity contribution is 9.11. The highest BCUT2D eigenvalue weighted by atomic mass is 79.9. The lowest BCUT2D eigenvalue weighted by Crippen LogP contribution is -2.21. The Bertz CT molecular complexity index is 431. The largest absolute Gasteiger partial charge is 0.390 e. The van der Waals surface area contributed by atoms with Crippen LogP contribution >= 0.6 is 43.5 Å². The summed E-state index contributed by atoms with van der Waals surface area (Å²) in [5.41, 5.74) is 0.246. The number of nitrogens with zero attached hydrogens (tertiary/aromatic N) is 1. The van der Waals surface area contributed by atoms with Gasteiger partial charge in [-0.25, -0.2) is 0 Å². The number of nitro benzene ring substituents is 1. The van der Waals surface area contributed by atoms with Crippen LogP contribution in [0.3, 0.4) is 0 Å². The molecule has 0 aliphatic rings. The van der Waals surface area contributed by atoms with E-state index < -0.39 is 11.0 Å². The Morgan fingerprint density at radius 2 is 2.18 bits per heavy atom. The third kappa shape index (κ3) is 4.09. The number of benzene rings is 1. The normalized spacial score (nSPS) is 12.2. The lowest BCUT2D eigenvalue weighted by atomic mass is 10.2. The molecule has 1 aromatic carbocycles. The van der Waals surface area contributed by atoms with Crippen molar-refractivity contribution in [2.75, 3.05) is 17.7 Å². The molecule has 0 bridgehead atoms. The minimum absolute atomic E-state index is 0.0644. The van der Waals surface area contributed by atoms with Gasteiger partial charge < -0.3 is 10.4 Å². The molecule has 8 heteroatoms. The first-order valence-electron chi connectivity index (χ1n) is 4.57. The second-order valence-electron chi connectivity index (χ2n) is 3.23. The van der Waals surface area contributed by atoms with E-state index in [1.54, 1.807) is 6.07 Å². The van der Waals surface area contributed by atoms with Gasteiger partial charge in [0.05, 0.1) is 16.9 Å². The fourth-order valence-corrected chi connectivity index (χ4v) is 2.61. The van der Waals surface area contributed by atoms with Gasteiger partial charge >= 0.3 is 0 Å². The maximum Gasteiger partial charge on any atom is 0.294 e. The highest BCUT2D eigenvalue weighted by Crippen LogP contribution is 2.35. The summed E-state index contributed by atoms with van der Waals surface area (Å²) in [5.74, 6) is 0.0644. The topological polar surface area (TPSA) is 75.4 Å². The Labute approximate surface area is 120 Å². The Balaban J connectivity index is 3.00. The number of halogens is 3. The summed E-state index contributed by atoms with van der Waals surface area (Å²) in [6, 6.07) is 3.07. The molecule has 1 unspecified atom stereocenters. The summed E-state index contributed by atoms with van der Waals surface area (Å²) in [7, 11) is 0. The molecule has 0 saturated heterocycles. The van der Waals surface area contributed by atoms with E-state index in [0.29, 0.717) is 14.6 Å². The molecule has 17 heavy (non-hydrogen) atoms. The third-order valence-corrected chi connectivity index (χ3v) is 3.36. The van der Waals surface area contributed by atoms with Crippen molar-refractivity contribution < 1.29 is 10.0 Å². The van der Waals surface area contributed by atoms with Crippen molar-refractivity contribution in [2.24, 2.45) is 0 Å². The summed E-state index contributed by atoms with van der Waals surface area (Å²) < 4.78 is 1.14. The summed E-state index contributed by atoms with van der Waals surface area (Å²) in [6.45, 7) is 0.143. The Morgan fingerprint density at radius 1 is 1.53 bits per heavy atom. The number of aliphatic hydroxyl groups excluding tert-OH is 1. The van der Waals surface area contributed by atoms with Gasteiger partial charge in [-0.1, -0.05) is 15.9 Å². The molecular formula is C9H9Br2ClN2O3. The molecule has 2 N–H and O–H groups in total. The number of nitro groups is 1. The van der Waals surface area contributed by atoms with E-state index in [4.69, 9.17) is 11.6 Å². The first-order chi connectivity index (χ1) is 7.95. The minimum atomic E-state index is -0.758. The van der Waals surface area contributed by atoms with E-state index in [-0.39, 0.29) is 18.1 Å². The van der Waals surface area contributed by atoms with Gasteiger partial charge in [0.15, 0.2) is 0 Å². The average Bonchev–Trinajstić information content (AvgIpc) is 2.26. The first kappa shape index (κ1) is 14.7.